The maximum absolute atomic E-state index is 13.4. The van der Waals surface area contributed by atoms with Crippen LogP contribution in [-0.4, -0.2) is 40.8 Å². The van der Waals surface area contributed by atoms with E-state index in [0.29, 0.717) is 5.69 Å². The fourth-order valence-electron chi connectivity index (χ4n) is 1.75. The molecular formula is C16H15FN2O4S. The van der Waals surface area contributed by atoms with Gasteiger partial charge >= 0.3 is 5.97 Å². The van der Waals surface area contributed by atoms with Gasteiger partial charge in [0, 0.05) is 6.20 Å². The Labute approximate surface area is 141 Å². The molecule has 1 heterocycles. The second-order valence-corrected chi connectivity index (χ2v) is 5.67. The van der Waals surface area contributed by atoms with Crippen LogP contribution >= 0.6 is 11.8 Å². The molecule has 0 radical (unpaired) electrons. The number of H-pyrrole nitrogens is 1. The van der Waals surface area contributed by atoms with Gasteiger partial charge in [-0.25, -0.2) is 4.39 Å². The van der Waals surface area contributed by atoms with E-state index in [-0.39, 0.29) is 29.6 Å². The molecular weight excluding hydrogens is 335 g/mol. The number of esters is 1. The van der Waals surface area contributed by atoms with Crippen molar-refractivity contribution in [3.05, 3.63) is 54.1 Å². The molecule has 2 rings (SSSR count). The number of benzene rings is 1. The predicted molar refractivity (Wildman–Crippen MR) is 88.4 cm³/mol. The minimum atomic E-state index is -0.599. The molecule has 1 amide bonds. The first-order valence-electron chi connectivity index (χ1n) is 7.00. The molecule has 0 aliphatic rings. The van der Waals surface area contributed by atoms with E-state index in [1.54, 1.807) is 24.4 Å². The minimum absolute atomic E-state index is 0.0337. The van der Waals surface area contributed by atoms with Gasteiger partial charge in [0.1, 0.15) is 5.82 Å². The SMILES string of the molecule is O=C(CSCC(=O)OCC(=O)c1ccc[nH]1)Nc1ccccc1F. The standard InChI is InChI=1S/C16H15FN2O4S/c17-11-4-1-2-5-12(11)19-15(21)9-24-10-16(22)23-8-14(20)13-6-3-7-18-13/h1-7,18H,8-10H2,(H,19,21). The number of carbonyl (C=O) groups is 3. The zero-order valence-corrected chi connectivity index (χ0v) is 13.4. The number of hydrogen-bond donors (Lipinski definition) is 2. The Morgan fingerprint density at radius 1 is 1.12 bits per heavy atom. The molecule has 126 valence electrons. The number of ketones is 1. The Bertz CT molecular complexity index is 719. The minimum Gasteiger partial charge on any atom is -0.457 e. The van der Waals surface area contributed by atoms with Crippen LogP contribution in [0.3, 0.4) is 0 Å². The van der Waals surface area contributed by atoms with E-state index in [1.165, 1.54) is 18.2 Å². The highest BCUT2D eigenvalue weighted by molar-refractivity contribution is 8.00. The number of hydrogen-bond acceptors (Lipinski definition) is 5. The van der Waals surface area contributed by atoms with Crippen LogP contribution in [0.4, 0.5) is 10.1 Å². The molecule has 2 aromatic rings. The number of aromatic amines is 1. The molecule has 0 atom stereocenters. The number of amides is 1. The number of carbonyl (C=O) groups excluding carboxylic acids is 3. The number of rotatable bonds is 8. The molecule has 0 saturated carbocycles. The average molecular weight is 350 g/mol. The molecule has 0 spiro atoms. The lowest BCUT2D eigenvalue weighted by atomic mass is 10.3. The Morgan fingerprint density at radius 3 is 2.62 bits per heavy atom. The molecule has 0 fully saturated rings. The van der Waals surface area contributed by atoms with Crippen molar-refractivity contribution in [3.63, 3.8) is 0 Å². The molecule has 1 aromatic heterocycles. The molecule has 0 aliphatic carbocycles. The van der Waals surface area contributed by atoms with Crippen molar-refractivity contribution in [1.82, 2.24) is 4.98 Å². The highest BCUT2D eigenvalue weighted by Crippen LogP contribution is 2.13. The summed E-state index contributed by atoms with van der Waals surface area (Å²) in [4.78, 5) is 37.5. The summed E-state index contributed by atoms with van der Waals surface area (Å²) in [7, 11) is 0. The Balaban J connectivity index is 1.64. The lowest BCUT2D eigenvalue weighted by Gasteiger charge is -2.06. The summed E-state index contributed by atoms with van der Waals surface area (Å²) >= 11 is 1.02. The van der Waals surface area contributed by atoms with Crippen molar-refractivity contribution in [2.45, 2.75) is 0 Å². The molecule has 0 unspecified atom stereocenters. The van der Waals surface area contributed by atoms with Crippen LogP contribution in [-0.2, 0) is 14.3 Å². The Kier molecular flexibility index (Phi) is 6.56. The smallest absolute Gasteiger partial charge is 0.316 e. The molecule has 8 heteroatoms. The summed E-state index contributed by atoms with van der Waals surface area (Å²) in [6.07, 6.45) is 1.60. The van der Waals surface area contributed by atoms with E-state index >= 15 is 0 Å². The fourth-order valence-corrected chi connectivity index (χ4v) is 2.35. The molecule has 0 saturated heterocycles. The van der Waals surface area contributed by atoms with Gasteiger partial charge in [0.2, 0.25) is 11.7 Å². The second-order valence-electron chi connectivity index (χ2n) is 4.69. The van der Waals surface area contributed by atoms with Crippen LogP contribution in [0.2, 0.25) is 0 Å². The maximum atomic E-state index is 13.4. The summed E-state index contributed by atoms with van der Waals surface area (Å²) in [6.45, 7) is -0.360. The van der Waals surface area contributed by atoms with E-state index in [4.69, 9.17) is 4.74 Å². The summed E-state index contributed by atoms with van der Waals surface area (Å²) in [5.41, 5.74) is 0.446. The highest BCUT2D eigenvalue weighted by Gasteiger charge is 2.12. The zero-order valence-electron chi connectivity index (χ0n) is 12.6. The number of para-hydroxylation sites is 1. The van der Waals surface area contributed by atoms with Crippen LogP contribution in [0.5, 0.6) is 0 Å². The van der Waals surface area contributed by atoms with Crippen molar-refractivity contribution >= 4 is 35.1 Å². The average Bonchev–Trinajstić information content (AvgIpc) is 3.09. The molecule has 0 bridgehead atoms. The molecule has 24 heavy (non-hydrogen) atoms. The van der Waals surface area contributed by atoms with Gasteiger partial charge in [0.05, 0.1) is 22.9 Å². The quantitative estimate of drug-likeness (QED) is 0.563. The number of ether oxygens (including phenoxy) is 1. The highest BCUT2D eigenvalue weighted by atomic mass is 32.2. The van der Waals surface area contributed by atoms with Crippen molar-refractivity contribution in [2.24, 2.45) is 0 Å². The van der Waals surface area contributed by atoms with Crippen LogP contribution in [0, 0.1) is 5.82 Å². The van der Waals surface area contributed by atoms with Crippen LogP contribution < -0.4 is 5.32 Å². The first kappa shape index (κ1) is 17.7. The molecule has 6 nitrogen and oxygen atoms in total. The number of thioether (sulfide) groups is 1. The van der Waals surface area contributed by atoms with Gasteiger partial charge < -0.3 is 15.0 Å². The number of nitrogens with one attached hydrogen (secondary N) is 2. The topological polar surface area (TPSA) is 88.3 Å². The van der Waals surface area contributed by atoms with Gasteiger partial charge in [0.15, 0.2) is 6.61 Å². The predicted octanol–water partition coefficient (Wildman–Crippen LogP) is 2.25. The van der Waals surface area contributed by atoms with E-state index in [9.17, 15) is 18.8 Å². The number of aromatic nitrogens is 1. The zero-order chi connectivity index (χ0) is 17.4. The lowest BCUT2D eigenvalue weighted by molar-refractivity contribution is -0.139. The largest absolute Gasteiger partial charge is 0.457 e. The van der Waals surface area contributed by atoms with E-state index in [0.717, 1.165) is 11.8 Å². The number of Topliss-reactive ketones (excluding diaryl/α,β-unsaturated/α-hetero) is 1. The summed E-state index contributed by atoms with van der Waals surface area (Å²) in [6, 6.07) is 9.05. The van der Waals surface area contributed by atoms with Crippen LogP contribution in [0.1, 0.15) is 10.5 Å². The van der Waals surface area contributed by atoms with Crippen molar-refractivity contribution in [1.29, 1.82) is 0 Å². The summed E-state index contributed by atoms with van der Waals surface area (Å²) < 4.78 is 18.2. The Hall–Kier alpha value is -2.61. The first-order valence-corrected chi connectivity index (χ1v) is 8.16. The first-order chi connectivity index (χ1) is 11.6. The van der Waals surface area contributed by atoms with Crippen molar-refractivity contribution < 1.29 is 23.5 Å². The summed E-state index contributed by atoms with van der Waals surface area (Å²) in [5, 5.41) is 2.41. The molecule has 0 aliphatic heterocycles. The Morgan fingerprint density at radius 2 is 1.92 bits per heavy atom. The molecule has 1 aromatic carbocycles. The van der Waals surface area contributed by atoms with Gasteiger partial charge in [-0.1, -0.05) is 12.1 Å². The van der Waals surface area contributed by atoms with E-state index in [2.05, 4.69) is 10.3 Å². The lowest BCUT2D eigenvalue weighted by Crippen LogP contribution is -2.18. The van der Waals surface area contributed by atoms with E-state index in [1.807, 2.05) is 0 Å². The van der Waals surface area contributed by atoms with Crippen LogP contribution in [0.15, 0.2) is 42.6 Å². The number of halogens is 1. The third kappa shape index (κ3) is 5.54. The maximum Gasteiger partial charge on any atom is 0.316 e. The van der Waals surface area contributed by atoms with Crippen molar-refractivity contribution in [3.8, 4) is 0 Å². The molecule has 2 N–H and O–H groups in total. The normalized spacial score (nSPS) is 10.2. The van der Waals surface area contributed by atoms with Gasteiger partial charge in [-0.15, -0.1) is 11.8 Å². The second kappa shape index (κ2) is 8.88. The van der Waals surface area contributed by atoms with E-state index < -0.39 is 17.7 Å². The third-order valence-electron chi connectivity index (χ3n) is 2.86. The summed E-state index contributed by atoms with van der Waals surface area (Å²) in [5.74, 6) is -2.01. The monoisotopic (exact) mass is 350 g/mol. The number of anilines is 1. The van der Waals surface area contributed by atoms with Crippen LogP contribution in [0.25, 0.3) is 0 Å². The third-order valence-corrected chi connectivity index (χ3v) is 3.77. The fraction of sp³-hybridized carbons (Fsp3) is 0.188. The van der Waals surface area contributed by atoms with Crippen molar-refractivity contribution in [2.75, 3.05) is 23.4 Å². The van der Waals surface area contributed by atoms with Gasteiger partial charge in [-0.05, 0) is 24.3 Å². The van der Waals surface area contributed by atoms with Gasteiger partial charge in [-0.3, -0.25) is 14.4 Å². The van der Waals surface area contributed by atoms with Gasteiger partial charge in [0.25, 0.3) is 0 Å². The van der Waals surface area contributed by atoms with Gasteiger partial charge in [-0.2, -0.15) is 0 Å².